The van der Waals surface area contributed by atoms with Crippen LogP contribution in [0.15, 0.2) is 48.8 Å². The van der Waals surface area contributed by atoms with Gasteiger partial charge in [0.1, 0.15) is 6.33 Å². The third-order valence-electron chi connectivity index (χ3n) is 5.96. The predicted molar refractivity (Wildman–Crippen MR) is 111 cm³/mol. The molecule has 2 aliphatic rings. The van der Waals surface area contributed by atoms with E-state index in [2.05, 4.69) is 34.2 Å². The number of amides is 1. The Bertz CT molecular complexity index is 1070. The fraction of sp³-hybridized carbons (Fsp3) is 0.348. The molecule has 0 aliphatic carbocycles. The van der Waals surface area contributed by atoms with Crippen LogP contribution in [0, 0.1) is 5.41 Å². The monoisotopic (exact) mass is 404 g/mol. The molecule has 2 aliphatic heterocycles. The number of benzene rings is 2. The number of aromatic amines is 1. The van der Waals surface area contributed by atoms with Crippen LogP contribution in [0.2, 0.25) is 0 Å². The van der Waals surface area contributed by atoms with Crippen molar-refractivity contribution in [3.8, 4) is 22.9 Å². The van der Waals surface area contributed by atoms with Gasteiger partial charge in [0, 0.05) is 18.7 Å². The number of hydrogen-bond acceptors (Lipinski definition) is 5. The molecule has 5 rings (SSSR count). The second-order valence-electron chi connectivity index (χ2n) is 8.38. The van der Waals surface area contributed by atoms with E-state index in [9.17, 15) is 4.79 Å². The standard InChI is InChI=1S/C23H24N4O3/c1-23(12-16-7-8-19-20(11-16)30-15-29-19)9-4-10-27(13-23)22(28)18-6-3-2-5-17(18)21-24-14-25-26-21/h2-3,5-8,11,14H,4,9-10,12-13,15H2,1H3,(H,24,25,26). The van der Waals surface area contributed by atoms with Crippen LogP contribution in [0.1, 0.15) is 35.7 Å². The van der Waals surface area contributed by atoms with E-state index in [-0.39, 0.29) is 18.1 Å². The van der Waals surface area contributed by atoms with Gasteiger partial charge in [0.05, 0.1) is 5.56 Å². The molecule has 7 heteroatoms. The zero-order valence-corrected chi connectivity index (χ0v) is 16.9. The van der Waals surface area contributed by atoms with Gasteiger partial charge in [-0.25, -0.2) is 4.98 Å². The number of fused-ring (bicyclic) bond motifs is 1. The lowest BCUT2D eigenvalue weighted by Crippen LogP contribution is -2.45. The van der Waals surface area contributed by atoms with Crippen LogP contribution in [0.3, 0.4) is 0 Å². The average Bonchev–Trinajstić information content (AvgIpc) is 3.45. The number of aromatic nitrogens is 3. The Kier molecular flexibility index (Phi) is 4.65. The van der Waals surface area contributed by atoms with Crippen molar-refractivity contribution in [3.05, 3.63) is 59.9 Å². The highest BCUT2D eigenvalue weighted by atomic mass is 16.7. The van der Waals surface area contributed by atoms with Gasteiger partial charge in [-0.3, -0.25) is 9.89 Å². The van der Waals surface area contributed by atoms with E-state index in [0.29, 0.717) is 17.9 Å². The lowest BCUT2D eigenvalue weighted by molar-refractivity contribution is 0.0551. The molecule has 3 heterocycles. The maximum absolute atomic E-state index is 13.4. The third kappa shape index (κ3) is 3.51. The van der Waals surface area contributed by atoms with Crippen LogP contribution in [0.25, 0.3) is 11.4 Å². The molecule has 2 aromatic carbocycles. The van der Waals surface area contributed by atoms with Gasteiger partial charge in [0.25, 0.3) is 5.91 Å². The summed E-state index contributed by atoms with van der Waals surface area (Å²) in [7, 11) is 0. The van der Waals surface area contributed by atoms with E-state index in [4.69, 9.17) is 9.47 Å². The van der Waals surface area contributed by atoms with E-state index in [1.807, 2.05) is 35.2 Å². The Morgan fingerprint density at radius 1 is 1.20 bits per heavy atom. The number of piperidine rings is 1. The Morgan fingerprint density at radius 3 is 2.93 bits per heavy atom. The highest BCUT2D eigenvalue weighted by Gasteiger charge is 2.34. The number of ether oxygens (including phenoxy) is 2. The molecule has 1 saturated heterocycles. The second-order valence-corrected chi connectivity index (χ2v) is 8.38. The molecule has 0 radical (unpaired) electrons. The SMILES string of the molecule is CC1(Cc2ccc3c(c2)OCO3)CCCN(C(=O)c2ccccc2-c2ncn[nH]2)C1. The smallest absolute Gasteiger partial charge is 0.254 e. The summed E-state index contributed by atoms with van der Waals surface area (Å²) in [5, 5.41) is 6.79. The third-order valence-corrected chi connectivity index (χ3v) is 5.96. The van der Waals surface area contributed by atoms with Gasteiger partial charge in [0.15, 0.2) is 17.3 Å². The summed E-state index contributed by atoms with van der Waals surface area (Å²) in [4.78, 5) is 19.6. The molecule has 1 amide bonds. The van der Waals surface area contributed by atoms with Gasteiger partial charge in [-0.05, 0) is 48.4 Å². The molecule has 0 saturated carbocycles. The second kappa shape index (κ2) is 7.48. The van der Waals surface area contributed by atoms with E-state index >= 15 is 0 Å². The van der Waals surface area contributed by atoms with Crippen molar-refractivity contribution < 1.29 is 14.3 Å². The normalized spacial score (nSPS) is 20.4. The zero-order chi connectivity index (χ0) is 20.6. The minimum Gasteiger partial charge on any atom is -0.454 e. The molecular weight excluding hydrogens is 380 g/mol. The van der Waals surface area contributed by atoms with Crippen LogP contribution in [0.4, 0.5) is 0 Å². The first-order chi connectivity index (χ1) is 14.6. The number of nitrogens with one attached hydrogen (secondary N) is 1. The summed E-state index contributed by atoms with van der Waals surface area (Å²) in [5.41, 5.74) is 2.64. The Balaban J connectivity index is 1.36. The maximum Gasteiger partial charge on any atom is 0.254 e. The van der Waals surface area contributed by atoms with Gasteiger partial charge in [-0.1, -0.05) is 31.2 Å². The number of hydrogen-bond donors (Lipinski definition) is 1. The van der Waals surface area contributed by atoms with Gasteiger partial charge in [0.2, 0.25) is 6.79 Å². The molecule has 0 spiro atoms. The van der Waals surface area contributed by atoms with Crippen LogP contribution in [-0.4, -0.2) is 45.9 Å². The van der Waals surface area contributed by atoms with Crippen molar-refractivity contribution in [2.24, 2.45) is 5.41 Å². The molecule has 0 bridgehead atoms. The Morgan fingerprint density at radius 2 is 2.07 bits per heavy atom. The van der Waals surface area contributed by atoms with Crippen LogP contribution >= 0.6 is 0 Å². The minimum atomic E-state index is 0.00277. The van der Waals surface area contributed by atoms with Crippen LogP contribution in [0.5, 0.6) is 11.5 Å². The zero-order valence-electron chi connectivity index (χ0n) is 16.9. The molecule has 1 fully saturated rings. The summed E-state index contributed by atoms with van der Waals surface area (Å²) < 4.78 is 10.9. The fourth-order valence-corrected chi connectivity index (χ4v) is 4.56. The number of nitrogens with zero attached hydrogens (tertiary/aromatic N) is 3. The summed E-state index contributed by atoms with van der Waals surface area (Å²) in [6, 6.07) is 13.7. The summed E-state index contributed by atoms with van der Waals surface area (Å²) in [5.74, 6) is 2.26. The topological polar surface area (TPSA) is 80.3 Å². The molecule has 154 valence electrons. The molecule has 3 aromatic rings. The highest BCUT2D eigenvalue weighted by molar-refractivity contribution is 6.00. The quantitative estimate of drug-likeness (QED) is 0.717. The summed E-state index contributed by atoms with van der Waals surface area (Å²) in [6.45, 7) is 4.02. The van der Waals surface area contributed by atoms with Crippen LogP contribution in [-0.2, 0) is 6.42 Å². The summed E-state index contributed by atoms with van der Waals surface area (Å²) in [6.07, 6.45) is 4.41. The molecule has 30 heavy (non-hydrogen) atoms. The van der Waals surface area contributed by atoms with E-state index < -0.39 is 0 Å². The molecule has 7 nitrogen and oxygen atoms in total. The van der Waals surface area contributed by atoms with Crippen molar-refractivity contribution in [2.75, 3.05) is 19.9 Å². The molecule has 1 N–H and O–H groups in total. The fourth-order valence-electron chi connectivity index (χ4n) is 4.56. The molecule has 1 unspecified atom stereocenters. The number of carbonyl (C=O) groups is 1. The Hall–Kier alpha value is -3.35. The lowest BCUT2D eigenvalue weighted by atomic mass is 9.76. The first-order valence-corrected chi connectivity index (χ1v) is 10.2. The van der Waals surface area contributed by atoms with Gasteiger partial charge >= 0.3 is 0 Å². The van der Waals surface area contributed by atoms with Crippen molar-refractivity contribution in [3.63, 3.8) is 0 Å². The number of likely N-dealkylation sites (tertiary alicyclic amines) is 1. The number of carbonyl (C=O) groups excluding carboxylic acids is 1. The predicted octanol–water partition coefficient (Wildman–Crippen LogP) is 3.69. The van der Waals surface area contributed by atoms with Gasteiger partial charge in [-0.2, -0.15) is 5.10 Å². The van der Waals surface area contributed by atoms with Crippen molar-refractivity contribution in [1.82, 2.24) is 20.1 Å². The first kappa shape index (κ1) is 18.7. The highest BCUT2D eigenvalue weighted by Crippen LogP contribution is 2.38. The molecule has 1 atom stereocenters. The number of rotatable bonds is 4. The molecular formula is C23H24N4O3. The van der Waals surface area contributed by atoms with Gasteiger partial charge in [-0.15, -0.1) is 0 Å². The molecule has 1 aromatic heterocycles. The van der Waals surface area contributed by atoms with Crippen molar-refractivity contribution >= 4 is 5.91 Å². The van der Waals surface area contributed by atoms with Crippen molar-refractivity contribution in [2.45, 2.75) is 26.2 Å². The minimum absolute atomic E-state index is 0.00277. The van der Waals surface area contributed by atoms with Crippen LogP contribution < -0.4 is 9.47 Å². The first-order valence-electron chi connectivity index (χ1n) is 10.2. The summed E-state index contributed by atoms with van der Waals surface area (Å²) >= 11 is 0. The Labute approximate surface area is 175 Å². The maximum atomic E-state index is 13.4. The van der Waals surface area contributed by atoms with Gasteiger partial charge < -0.3 is 14.4 Å². The van der Waals surface area contributed by atoms with E-state index in [1.165, 1.54) is 11.9 Å². The van der Waals surface area contributed by atoms with Crippen molar-refractivity contribution in [1.29, 1.82) is 0 Å². The van der Waals surface area contributed by atoms with E-state index in [0.717, 1.165) is 42.9 Å². The van der Waals surface area contributed by atoms with E-state index in [1.54, 1.807) is 0 Å². The number of H-pyrrole nitrogens is 1. The average molecular weight is 404 g/mol. The lowest BCUT2D eigenvalue weighted by Gasteiger charge is -2.41. The largest absolute Gasteiger partial charge is 0.454 e.